The summed E-state index contributed by atoms with van der Waals surface area (Å²) in [6, 6.07) is 9.74. The lowest BCUT2D eigenvalue weighted by Gasteiger charge is -2.13. The maximum atomic E-state index is 11.7. The van der Waals surface area contributed by atoms with Crippen LogP contribution in [0, 0.1) is 0 Å². The molecule has 1 saturated heterocycles. The van der Waals surface area contributed by atoms with E-state index in [-0.39, 0.29) is 11.9 Å². The summed E-state index contributed by atoms with van der Waals surface area (Å²) in [4.78, 5) is 11.7. The number of rotatable bonds is 1. The lowest BCUT2D eigenvalue weighted by Crippen LogP contribution is -2.13. The number of benzene rings is 1. The smallest absolute Gasteiger partial charge is 0.166 e. The first-order valence-electron chi connectivity index (χ1n) is 5.07. The molecule has 1 aromatic carbocycles. The third-order valence-corrected chi connectivity index (χ3v) is 2.50. The largest absolute Gasteiger partial charge is 0.366 e. The first kappa shape index (κ1) is 9.41. The van der Waals surface area contributed by atoms with Gasteiger partial charge in [0.1, 0.15) is 6.10 Å². The fourth-order valence-corrected chi connectivity index (χ4v) is 1.74. The zero-order chi connectivity index (χ0) is 9.80. The van der Waals surface area contributed by atoms with Crippen molar-refractivity contribution in [3.63, 3.8) is 0 Å². The van der Waals surface area contributed by atoms with Gasteiger partial charge >= 0.3 is 0 Å². The third-order valence-electron chi connectivity index (χ3n) is 2.50. The summed E-state index contributed by atoms with van der Waals surface area (Å²) < 4.78 is 5.55. The van der Waals surface area contributed by atoms with Crippen LogP contribution < -0.4 is 0 Å². The summed E-state index contributed by atoms with van der Waals surface area (Å²) in [6.45, 7) is 0.700. The van der Waals surface area contributed by atoms with Crippen LogP contribution in [0.5, 0.6) is 0 Å². The van der Waals surface area contributed by atoms with Gasteiger partial charge in [-0.1, -0.05) is 30.3 Å². The van der Waals surface area contributed by atoms with Crippen LogP contribution in [0.4, 0.5) is 0 Å². The van der Waals surface area contributed by atoms with Gasteiger partial charge in [-0.2, -0.15) is 0 Å². The van der Waals surface area contributed by atoms with Crippen LogP contribution in [-0.2, 0) is 9.53 Å². The van der Waals surface area contributed by atoms with E-state index in [9.17, 15) is 4.79 Å². The first-order valence-corrected chi connectivity index (χ1v) is 5.07. The average Bonchev–Trinajstić information content (AvgIpc) is 2.44. The van der Waals surface area contributed by atoms with Gasteiger partial charge in [0, 0.05) is 13.0 Å². The quantitative estimate of drug-likeness (QED) is 0.680. The molecular formula is C12H14O2. The van der Waals surface area contributed by atoms with E-state index in [1.807, 2.05) is 30.3 Å². The number of carbonyl (C=O) groups excluding carboxylic acids is 1. The zero-order valence-electron chi connectivity index (χ0n) is 8.11. The van der Waals surface area contributed by atoms with Gasteiger partial charge in [-0.3, -0.25) is 4.79 Å². The van der Waals surface area contributed by atoms with E-state index in [1.54, 1.807) is 0 Å². The van der Waals surface area contributed by atoms with Crippen molar-refractivity contribution >= 4 is 5.78 Å². The van der Waals surface area contributed by atoms with Crippen molar-refractivity contribution in [1.82, 2.24) is 0 Å². The van der Waals surface area contributed by atoms with E-state index >= 15 is 0 Å². The highest BCUT2D eigenvalue weighted by atomic mass is 16.5. The molecule has 14 heavy (non-hydrogen) atoms. The highest BCUT2D eigenvalue weighted by Gasteiger charge is 2.22. The van der Waals surface area contributed by atoms with Crippen LogP contribution in [0.2, 0.25) is 0 Å². The third kappa shape index (κ3) is 2.02. The van der Waals surface area contributed by atoms with Crippen molar-refractivity contribution in [2.75, 3.05) is 6.61 Å². The molecule has 74 valence electrons. The predicted octanol–water partition coefficient (Wildman–Crippen LogP) is 2.50. The van der Waals surface area contributed by atoms with Gasteiger partial charge in [0.25, 0.3) is 0 Å². The molecule has 0 bridgehead atoms. The van der Waals surface area contributed by atoms with Crippen LogP contribution in [0.1, 0.15) is 30.9 Å². The Kier molecular flexibility index (Phi) is 2.94. The lowest BCUT2D eigenvalue weighted by atomic mass is 10.0. The van der Waals surface area contributed by atoms with Gasteiger partial charge < -0.3 is 4.74 Å². The van der Waals surface area contributed by atoms with Crippen molar-refractivity contribution in [2.45, 2.75) is 25.4 Å². The lowest BCUT2D eigenvalue weighted by molar-refractivity contribution is -0.129. The molecule has 2 heteroatoms. The van der Waals surface area contributed by atoms with Gasteiger partial charge in [0.2, 0.25) is 0 Å². The summed E-state index contributed by atoms with van der Waals surface area (Å²) in [7, 11) is 0. The molecule has 1 aliphatic heterocycles. The molecule has 1 unspecified atom stereocenters. The van der Waals surface area contributed by atoms with E-state index in [4.69, 9.17) is 4.74 Å². The van der Waals surface area contributed by atoms with Crippen molar-refractivity contribution in [3.05, 3.63) is 35.9 Å². The number of ether oxygens (including phenoxy) is 1. The maximum Gasteiger partial charge on any atom is 0.166 e. The van der Waals surface area contributed by atoms with Crippen molar-refractivity contribution in [3.8, 4) is 0 Å². The Labute approximate surface area is 83.9 Å². The molecule has 1 atom stereocenters. The van der Waals surface area contributed by atoms with Crippen molar-refractivity contribution in [2.24, 2.45) is 0 Å². The van der Waals surface area contributed by atoms with Crippen LogP contribution in [0.3, 0.4) is 0 Å². The molecule has 1 aromatic rings. The molecule has 0 radical (unpaired) electrons. The number of carbonyl (C=O) groups is 1. The van der Waals surface area contributed by atoms with E-state index in [2.05, 4.69) is 0 Å². The summed E-state index contributed by atoms with van der Waals surface area (Å²) in [6.07, 6.45) is 2.29. The minimum absolute atomic E-state index is 0.216. The Bertz CT molecular complexity index is 305. The minimum atomic E-state index is -0.321. The highest BCUT2D eigenvalue weighted by Crippen LogP contribution is 2.23. The Morgan fingerprint density at radius 1 is 1.14 bits per heavy atom. The van der Waals surface area contributed by atoms with Gasteiger partial charge in [0.05, 0.1) is 0 Å². The number of ketones is 1. The topological polar surface area (TPSA) is 26.3 Å². The second-order valence-electron chi connectivity index (χ2n) is 3.58. The minimum Gasteiger partial charge on any atom is -0.366 e. The van der Waals surface area contributed by atoms with Crippen LogP contribution in [0.25, 0.3) is 0 Å². The normalized spacial score (nSPS) is 23.1. The summed E-state index contributed by atoms with van der Waals surface area (Å²) in [5.74, 6) is 0.216. The molecule has 0 spiro atoms. The number of hydrogen-bond donors (Lipinski definition) is 0. The Balaban J connectivity index is 2.19. The number of hydrogen-bond acceptors (Lipinski definition) is 2. The maximum absolute atomic E-state index is 11.7. The van der Waals surface area contributed by atoms with Crippen molar-refractivity contribution < 1.29 is 9.53 Å². The zero-order valence-corrected chi connectivity index (χ0v) is 8.11. The molecule has 2 rings (SSSR count). The van der Waals surface area contributed by atoms with E-state index in [0.29, 0.717) is 13.0 Å². The standard InChI is InChI=1S/C12H14O2/c13-11-8-4-5-9-14-12(11)10-6-2-1-3-7-10/h1-3,6-7,12H,4-5,8-9H2. The van der Waals surface area contributed by atoms with Crippen molar-refractivity contribution in [1.29, 1.82) is 0 Å². The molecule has 2 nitrogen and oxygen atoms in total. The molecular weight excluding hydrogens is 176 g/mol. The molecule has 1 aliphatic rings. The number of Topliss-reactive ketones (excluding diaryl/α,β-unsaturated/α-hetero) is 1. The van der Waals surface area contributed by atoms with Gasteiger partial charge in [-0.15, -0.1) is 0 Å². The molecule has 0 aromatic heterocycles. The average molecular weight is 190 g/mol. The van der Waals surface area contributed by atoms with E-state index in [0.717, 1.165) is 18.4 Å². The second kappa shape index (κ2) is 4.38. The summed E-state index contributed by atoms with van der Waals surface area (Å²) in [5, 5.41) is 0. The molecule has 1 fully saturated rings. The van der Waals surface area contributed by atoms with Crippen LogP contribution in [0.15, 0.2) is 30.3 Å². The van der Waals surface area contributed by atoms with Crippen LogP contribution in [-0.4, -0.2) is 12.4 Å². The highest BCUT2D eigenvalue weighted by molar-refractivity contribution is 5.84. The van der Waals surface area contributed by atoms with E-state index < -0.39 is 0 Å². The molecule has 1 heterocycles. The second-order valence-corrected chi connectivity index (χ2v) is 3.58. The molecule has 0 aliphatic carbocycles. The molecule has 0 N–H and O–H groups in total. The van der Waals surface area contributed by atoms with E-state index in [1.165, 1.54) is 0 Å². The predicted molar refractivity (Wildman–Crippen MR) is 54.0 cm³/mol. The monoisotopic (exact) mass is 190 g/mol. The van der Waals surface area contributed by atoms with Crippen LogP contribution >= 0.6 is 0 Å². The van der Waals surface area contributed by atoms with Gasteiger partial charge in [-0.05, 0) is 18.4 Å². The fourth-order valence-electron chi connectivity index (χ4n) is 1.74. The molecule has 0 amide bonds. The Morgan fingerprint density at radius 2 is 1.93 bits per heavy atom. The first-order chi connectivity index (χ1) is 6.88. The van der Waals surface area contributed by atoms with Gasteiger partial charge in [0.15, 0.2) is 5.78 Å². The SMILES string of the molecule is O=C1CCCCOC1c1ccccc1. The molecule has 0 saturated carbocycles. The summed E-state index contributed by atoms with van der Waals surface area (Å²) in [5.41, 5.74) is 0.986. The Morgan fingerprint density at radius 3 is 2.71 bits per heavy atom. The fraction of sp³-hybridized carbons (Fsp3) is 0.417. The summed E-state index contributed by atoms with van der Waals surface area (Å²) >= 11 is 0. The Hall–Kier alpha value is -1.15. The van der Waals surface area contributed by atoms with Gasteiger partial charge in [-0.25, -0.2) is 0 Å².